The largest absolute Gasteiger partial charge is 0.424 e. The summed E-state index contributed by atoms with van der Waals surface area (Å²) in [7, 11) is 0. The number of urea groups is 1. The van der Waals surface area contributed by atoms with Crippen molar-refractivity contribution >= 4 is 29.3 Å². The summed E-state index contributed by atoms with van der Waals surface area (Å²) in [5, 5.41) is 16.0. The number of ether oxygens (including phenoxy) is 1. The lowest BCUT2D eigenvalue weighted by Crippen LogP contribution is -2.47. The molecule has 0 atom stereocenters. The van der Waals surface area contributed by atoms with Gasteiger partial charge in [0, 0.05) is 49.6 Å². The number of aryl methyl sites for hydroxylation is 3. The summed E-state index contributed by atoms with van der Waals surface area (Å²) in [5.41, 5.74) is 3.08. The zero-order chi connectivity index (χ0) is 24.9. The van der Waals surface area contributed by atoms with Gasteiger partial charge in [0.1, 0.15) is 17.4 Å². The zero-order valence-corrected chi connectivity index (χ0v) is 20.3. The van der Waals surface area contributed by atoms with Gasteiger partial charge in [-0.2, -0.15) is 10.1 Å². The van der Waals surface area contributed by atoms with Gasteiger partial charge in [0.2, 0.25) is 5.91 Å². The van der Waals surface area contributed by atoms with Crippen LogP contribution in [-0.4, -0.2) is 56.1 Å². The third-order valence-corrected chi connectivity index (χ3v) is 5.71. The van der Waals surface area contributed by atoms with Crippen molar-refractivity contribution in [3.63, 3.8) is 0 Å². The third kappa shape index (κ3) is 6.46. The van der Waals surface area contributed by atoms with Crippen molar-refractivity contribution in [3.05, 3.63) is 47.3 Å². The molecule has 3 amide bonds. The highest BCUT2D eigenvalue weighted by Gasteiger charge is 2.22. The topological polar surface area (TPSA) is 137 Å². The second kappa shape index (κ2) is 10.4. The number of hydrogen-bond donors (Lipinski definition) is 4. The molecule has 0 unspecified atom stereocenters. The Labute approximate surface area is 203 Å². The molecule has 1 saturated heterocycles. The molecule has 4 N–H and O–H groups in total. The molecule has 11 nitrogen and oxygen atoms in total. The van der Waals surface area contributed by atoms with Gasteiger partial charge in [-0.25, -0.2) is 9.78 Å². The molecule has 1 aliphatic rings. The first-order valence-corrected chi connectivity index (χ1v) is 11.5. The van der Waals surface area contributed by atoms with E-state index in [4.69, 9.17) is 4.74 Å². The highest BCUT2D eigenvalue weighted by atomic mass is 16.5. The number of anilines is 3. The van der Waals surface area contributed by atoms with E-state index in [2.05, 4.69) is 36.1 Å². The van der Waals surface area contributed by atoms with E-state index in [0.717, 1.165) is 35.6 Å². The van der Waals surface area contributed by atoms with Crippen LogP contribution < -0.4 is 20.7 Å². The molecule has 11 heteroatoms. The molecular formula is C24H30N8O3. The summed E-state index contributed by atoms with van der Waals surface area (Å²) >= 11 is 0. The minimum atomic E-state index is -0.272. The minimum Gasteiger partial charge on any atom is -0.424 e. The van der Waals surface area contributed by atoms with E-state index >= 15 is 0 Å². The van der Waals surface area contributed by atoms with Gasteiger partial charge in [0.15, 0.2) is 0 Å². The Morgan fingerprint density at radius 1 is 1.06 bits per heavy atom. The van der Waals surface area contributed by atoms with Crippen LogP contribution in [0.3, 0.4) is 0 Å². The Balaban J connectivity index is 1.35. The summed E-state index contributed by atoms with van der Waals surface area (Å²) in [5.74, 6) is 1.96. The summed E-state index contributed by atoms with van der Waals surface area (Å²) < 4.78 is 5.94. The Morgan fingerprint density at radius 2 is 1.83 bits per heavy atom. The molecule has 0 aliphatic carbocycles. The van der Waals surface area contributed by atoms with Crippen LogP contribution in [0.1, 0.15) is 36.7 Å². The molecular weight excluding hydrogens is 448 g/mol. The molecule has 1 aromatic carbocycles. The van der Waals surface area contributed by atoms with Crippen LogP contribution in [0.15, 0.2) is 30.3 Å². The maximum atomic E-state index is 12.4. The smallest absolute Gasteiger partial charge is 0.324 e. The van der Waals surface area contributed by atoms with Crippen molar-refractivity contribution in [2.75, 3.05) is 23.7 Å². The van der Waals surface area contributed by atoms with Crippen molar-refractivity contribution in [2.45, 2.75) is 46.6 Å². The van der Waals surface area contributed by atoms with Crippen LogP contribution in [-0.2, 0) is 4.79 Å². The van der Waals surface area contributed by atoms with Gasteiger partial charge < -0.3 is 25.6 Å². The lowest BCUT2D eigenvalue weighted by molar-refractivity contribution is -0.129. The summed E-state index contributed by atoms with van der Waals surface area (Å²) in [6.45, 7) is 8.53. The average molecular weight is 479 g/mol. The number of nitrogens with one attached hydrogen (secondary N) is 4. The highest BCUT2D eigenvalue weighted by Crippen LogP contribution is 2.27. The number of amides is 3. The van der Waals surface area contributed by atoms with E-state index in [0.29, 0.717) is 30.3 Å². The van der Waals surface area contributed by atoms with Gasteiger partial charge in [0.05, 0.1) is 5.69 Å². The number of aromatic nitrogens is 4. The minimum absolute atomic E-state index is 0.0428. The Bertz CT molecular complexity index is 1220. The van der Waals surface area contributed by atoms with Crippen molar-refractivity contribution in [2.24, 2.45) is 0 Å². The second-order valence-electron chi connectivity index (χ2n) is 8.69. The lowest BCUT2D eigenvalue weighted by atomic mass is 10.1. The highest BCUT2D eigenvalue weighted by molar-refractivity contribution is 5.89. The number of hydrogen-bond acceptors (Lipinski definition) is 7. The fraction of sp³-hybridized carbons (Fsp3) is 0.375. The number of carbonyl (C=O) groups excluding carboxylic acids is 2. The zero-order valence-electron chi connectivity index (χ0n) is 20.3. The fourth-order valence-electron chi connectivity index (χ4n) is 3.91. The molecule has 184 valence electrons. The summed E-state index contributed by atoms with van der Waals surface area (Å²) in [4.78, 5) is 34.5. The summed E-state index contributed by atoms with van der Waals surface area (Å²) in [6.07, 6.45) is 1.48. The molecule has 4 rings (SSSR count). The van der Waals surface area contributed by atoms with E-state index < -0.39 is 0 Å². The summed E-state index contributed by atoms with van der Waals surface area (Å²) in [6, 6.07) is 9.03. The lowest BCUT2D eigenvalue weighted by Gasteiger charge is -2.31. The maximum Gasteiger partial charge on any atom is 0.324 e. The first-order valence-electron chi connectivity index (χ1n) is 11.5. The number of aromatic amines is 1. The Hall–Kier alpha value is -4.15. The monoisotopic (exact) mass is 478 g/mol. The molecule has 0 spiro atoms. The molecule has 1 aliphatic heterocycles. The van der Waals surface area contributed by atoms with Crippen molar-refractivity contribution < 1.29 is 14.3 Å². The molecule has 3 heterocycles. The van der Waals surface area contributed by atoms with Crippen LogP contribution in [0.25, 0.3) is 0 Å². The van der Waals surface area contributed by atoms with Crippen LogP contribution in [0.5, 0.6) is 11.8 Å². The molecule has 2 aromatic heterocycles. The van der Waals surface area contributed by atoms with Crippen molar-refractivity contribution in [1.82, 2.24) is 30.4 Å². The second-order valence-corrected chi connectivity index (χ2v) is 8.69. The number of H-pyrrole nitrogens is 1. The standard InChI is InChI=1S/C24H30N8O3/c1-14-11-19(27-23(34)26-18-7-9-32(10-8-18)17(4)33)5-6-20(14)35-24-25-15(2)12-21(29-24)28-22-13-16(3)30-31-22/h5-6,11-13,18H,7-10H2,1-4H3,(H2,26,27,34)(H2,25,28,29,30,31). The number of rotatable bonds is 6. The number of benzene rings is 1. The van der Waals surface area contributed by atoms with E-state index in [1.165, 1.54) is 0 Å². The van der Waals surface area contributed by atoms with E-state index in [-0.39, 0.29) is 24.0 Å². The molecule has 35 heavy (non-hydrogen) atoms. The van der Waals surface area contributed by atoms with Crippen LogP contribution in [0, 0.1) is 20.8 Å². The number of piperidine rings is 1. The normalized spacial score (nSPS) is 13.9. The van der Waals surface area contributed by atoms with Crippen molar-refractivity contribution in [3.8, 4) is 11.8 Å². The molecule has 1 fully saturated rings. The third-order valence-electron chi connectivity index (χ3n) is 5.71. The Morgan fingerprint density at radius 3 is 2.49 bits per heavy atom. The van der Waals surface area contributed by atoms with Crippen molar-refractivity contribution in [1.29, 1.82) is 0 Å². The van der Waals surface area contributed by atoms with E-state index in [1.807, 2.05) is 39.0 Å². The van der Waals surface area contributed by atoms with Gasteiger partial charge in [-0.3, -0.25) is 9.89 Å². The fourth-order valence-corrected chi connectivity index (χ4v) is 3.91. The quantitative estimate of drug-likeness (QED) is 0.423. The van der Waals surface area contributed by atoms with Gasteiger partial charge in [-0.15, -0.1) is 0 Å². The number of likely N-dealkylation sites (tertiary alicyclic amines) is 1. The van der Waals surface area contributed by atoms with Crippen LogP contribution in [0.2, 0.25) is 0 Å². The average Bonchev–Trinajstić information content (AvgIpc) is 3.20. The molecule has 0 saturated carbocycles. The van der Waals surface area contributed by atoms with Gasteiger partial charge in [0.25, 0.3) is 0 Å². The Kier molecular flexibility index (Phi) is 7.14. The van der Waals surface area contributed by atoms with Gasteiger partial charge in [-0.05, 0) is 57.4 Å². The number of carbonyl (C=O) groups is 2. The SMILES string of the molecule is CC(=O)N1CCC(NC(=O)Nc2ccc(Oc3nc(C)cc(Nc4cc(C)n[nH]4)n3)c(C)c2)CC1. The number of nitrogens with zero attached hydrogens (tertiary/aromatic N) is 4. The first kappa shape index (κ1) is 24.0. The predicted octanol–water partition coefficient (Wildman–Crippen LogP) is 3.79. The van der Waals surface area contributed by atoms with Crippen LogP contribution in [0.4, 0.5) is 22.1 Å². The molecule has 3 aromatic rings. The van der Waals surface area contributed by atoms with Gasteiger partial charge in [-0.1, -0.05) is 0 Å². The maximum absolute atomic E-state index is 12.4. The predicted molar refractivity (Wildman–Crippen MR) is 132 cm³/mol. The van der Waals surface area contributed by atoms with Gasteiger partial charge >= 0.3 is 12.0 Å². The van der Waals surface area contributed by atoms with Crippen LogP contribution >= 0.6 is 0 Å². The van der Waals surface area contributed by atoms with E-state index in [1.54, 1.807) is 24.0 Å². The molecule has 0 bridgehead atoms. The first-order chi connectivity index (χ1) is 16.7. The van der Waals surface area contributed by atoms with E-state index in [9.17, 15) is 9.59 Å². The molecule has 0 radical (unpaired) electrons.